The molecule has 0 aliphatic rings. The largest absolute Gasteiger partial charge is 0.534 e. The van der Waals surface area contributed by atoms with Crippen molar-refractivity contribution in [3.8, 4) is 0 Å². The summed E-state index contributed by atoms with van der Waals surface area (Å²) in [5, 5.41) is 0. The van der Waals surface area contributed by atoms with Gasteiger partial charge in [0, 0.05) is 6.08 Å². The van der Waals surface area contributed by atoms with Crippen LogP contribution in [0.2, 0.25) is 0 Å². The highest BCUT2D eigenvalue weighted by Gasteiger charge is 2.48. The van der Waals surface area contributed by atoms with E-state index < -0.39 is 39.9 Å². The van der Waals surface area contributed by atoms with Crippen LogP contribution in [0.3, 0.4) is 0 Å². The highest BCUT2D eigenvalue weighted by molar-refractivity contribution is 7.87. The Kier molecular flexibility index (Phi) is 3.97. The number of alkyl halides is 6. The lowest BCUT2D eigenvalue weighted by molar-refractivity contribution is -0.165. The topological polar surface area (TPSA) is 60.4 Å². The monoisotopic (exact) mass is 272 g/mol. The maximum Gasteiger partial charge on any atom is 0.534 e. The smallest absolute Gasteiger partial charge is 0.384 e. The number of hydrogen-bond donors (Lipinski definition) is 0. The molecule has 11 heteroatoms. The first-order chi connectivity index (χ1) is 6.88. The molecule has 94 valence electrons. The van der Waals surface area contributed by atoms with Gasteiger partial charge in [0.2, 0.25) is 0 Å². The first-order valence-corrected chi connectivity index (χ1v) is 4.56. The van der Waals surface area contributed by atoms with Gasteiger partial charge in [0.25, 0.3) is 5.78 Å². The maximum atomic E-state index is 11.5. The molecule has 0 aromatic carbocycles. The fourth-order valence-electron chi connectivity index (χ4n) is 0.312. The summed E-state index contributed by atoms with van der Waals surface area (Å²) in [5.41, 5.74) is -5.78. The molecule has 4 nitrogen and oxygen atoms in total. The van der Waals surface area contributed by atoms with E-state index in [1.807, 2.05) is 0 Å². The molecule has 0 spiro atoms. The van der Waals surface area contributed by atoms with Crippen molar-refractivity contribution in [2.75, 3.05) is 0 Å². The summed E-state index contributed by atoms with van der Waals surface area (Å²) in [5.74, 6) is -2.55. The van der Waals surface area contributed by atoms with Crippen LogP contribution in [-0.4, -0.2) is 25.9 Å². The number of carbonyl (C=O) groups is 1. The van der Waals surface area contributed by atoms with E-state index in [0.29, 0.717) is 0 Å². The van der Waals surface area contributed by atoms with Crippen LogP contribution in [0, 0.1) is 0 Å². The molecule has 0 saturated heterocycles. The van der Waals surface area contributed by atoms with E-state index in [1.165, 1.54) is 0 Å². The van der Waals surface area contributed by atoms with Gasteiger partial charge >= 0.3 is 21.8 Å². The van der Waals surface area contributed by atoms with Gasteiger partial charge in [-0.25, -0.2) is 0 Å². The third kappa shape index (κ3) is 4.08. The van der Waals surface area contributed by atoms with Crippen molar-refractivity contribution in [2.24, 2.45) is 0 Å². The molecular weight excluding hydrogens is 270 g/mol. The highest BCUT2D eigenvalue weighted by Crippen LogP contribution is 2.25. The number of ketones is 1. The molecule has 0 aromatic rings. The van der Waals surface area contributed by atoms with Crippen LogP contribution in [0.4, 0.5) is 26.3 Å². The van der Waals surface area contributed by atoms with E-state index in [4.69, 9.17) is 0 Å². The third-order valence-corrected chi connectivity index (χ3v) is 1.90. The van der Waals surface area contributed by atoms with Gasteiger partial charge < -0.3 is 4.18 Å². The zero-order valence-corrected chi connectivity index (χ0v) is 7.78. The van der Waals surface area contributed by atoms with Crippen LogP contribution in [0.25, 0.3) is 0 Å². The zero-order valence-electron chi connectivity index (χ0n) is 6.96. The second kappa shape index (κ2) is 4.31. The molecule has 0 aromatic heterocycles. The number of allylic oxidation sites excluding steroid dienone is 1. The molecule has 0 aliphatic heterocycles. The summed E-state index contributed by atoms with van der Waals surface area (Å²) in [7, 11) is -6.05. The molecule has 0 N–H and O–H groups in total. The van der Waals surface area contributed by atoms with Gasteiger partial charge in [0.05, 0.1) is 0 Å². The molecule has 0 amide bonds. The summed E-state index contributed by atoms with van der Waals surface area (Å²) in [4.78, 5) is 10.0. The number of carbonyl (C=O) groups excluding carboxylic acids is 1. The average Bonchev–Trinajstić information content (AvgIpc) is 1.99. The standard InChI is InChI=1S/C5H2F6O4S/c6-4(7,8)3(12)1-2-15-16(13,14)5(9,10)11/h1-2H. The normalized spacial score (nSPS) is 14.1. The molecule has 0 radical (unpaired) electrons. The van der Waals surface area contributed by atoms with Crippen molar-refractivity contribution in [3.63, 3.8) is 0 Å². The zero-order chi connectivity index (χ0) is 13.2. The molecule has 0 heterocycles. The lowest BCUT2D eigenvalue weighted by Gasteiger charge is -2.05. The minimum Gasteiger partial charge on any atom is -0.384 e. The number of rotatable bonds is 3. The van der Waals surface area contributed by atoms with Gasteiger partial charge in [-0.3, -0.25) is 4.79 Å². The molecule has 0 bridgehead atoms. The van der Waals surface area contributed by atoms with Crippen LogP contribution >= 0.6 is 0 Å². The van der Waals surface area contributed by atoms with Gasteiger partial charge in [-0.1, -0.05) is 0 Å². The van der Waals surface area contributed by atoms with Crippen LogP contribution in [0.15, 0.2) is 12.3 Å². The number of halogens is 6. The van der Waals surface area contributed by atoms with Crippen LogP contribution < -0.4 is 0 Å². The van der Waals surface area contributed by atoms with Crippen LogP contribution in [-0.2, 0) is 19.1 Å². The van der Waals surface area contributed by atoms with E-state index in [0.717, 1.165) is 0 Å². The number of hydrogen-bond acceptors (Lipinski definition) is 4. The summed E-state index contributed by atoms with van der Waals surface area (Å²) < 4.78 is 92.2. The Balaban J connectivity index is 4.62. The Morgan fingerprint density at radius 1 is 1.06 bits per heavy atom. The van der Waals surface area contributed by atoms with Crippen LogP contribution in [0.5, 0.6) is 0 Å². The van der Waals surface area contributed by atoms with Gasteiger partial charge in [-0.05, 0) is 0 Å². The van der Waals surface area contributed by atoms with E-state index in [1.54, 1.807) is 0 Å². The summed E-state index contributed by atoms with van der Waals surface area (Å²) >= 11 is 0. The lowest BCUT2D eigenvalue weighted by atomic mass is 10.4. The maximum absolute atomic E-state index is 11.5. The molecule has 0 aliphatic carbocycles. The first kappa shape index (κ1) is 14.7. The Hall–Kier alpha value is -1.26. The Morgan fingerprint density at radius 2 is 1.50 bits per heavy atom. The molecule has 0 fully saturated rings. The minimum absolute atomic E-state index is 0.483. The quantitative estimate of drug-likeness (QED) is 0.257. The van der Waals surface area contributed by atoms with E-state index in [-0.39, 0.29) is 0 Å². The summed E-state index contributed by atoms with van der Waals surface area (Å²) in [6.45, 7) is 0. The fourth-order valence-corrected chi connectivity index (χ4v) is 0.623. The molecule has 0 saturated carbocycles. The average molecular weight is 272 g/mol. The first-order valence-electron chi connectivity index (χ1n) is 3.15. The predicted octanol–water partition coefficient (Wildman–Crippen LogP) is 1.50. The minimum atomic E-state index is -6.05. The molecule has 0 unspecified atom stereocenters. The Morgan fingerprint density at radius 3 is 1.81 bits per heavy atom. The third-order valence-electron chi connectivity index (χ3n) is 0.965. The molecule has 0 atom stereocenters. The van der Waals surface area contributed by atoms with Crippen LogP contribution in [0.1, 0.15) is 0 Å². The van der Waals surface area contributed by atoms with E-state index >= 15 is 0 Å². The van der Waals surface area contributed by atoms with Crippen molar-refractivity contribution in [1.82, 2.24) is 0 Å². The summed E-state index contributed by atoms with van der Waals surface area (Å²) in [6.07, 6.45) is -6.30. The van der Waals surface area contributed by atoms with Crippen molar-refractivity contribution in [2.45, 2.75) is 11.7 Å². The lowest BCUT2D eigenvalue weighted by Crippen LogP contribution is -2.24. The Bertz CT molecular complexity index is 388. The second-order valence-electron chi connectivity index (χ2n) is 2.16. The van der Waals surface area contributed by atoms with E-state index in [9.17, 15) is 39.6 Å². The van der Waals surface area contributed by atoms with E-state index in [2.05, 4.69) is 4.18 Å². The highest BCUT2D eigenvalue weighted by atomic mass is 32.2. The SMILES string of the molecule is O=C(C=COS(=O)(=O)C(F)(F)F)C(F)(F)F. The van der Waals surface area contributed by atoms with Crippen molar-refractivity contribution in [1.29, 1.82) is 0 Å². The molecular formula is C5H2F6O4S. The van der Waals surface area contributed by atoms with Crippen molar-refractivity contribution >= 4 is 15.9 Å². The molecule has 0 rings (SSSR count). The van der Waals surface area contributed by atoms with Crippen molar-refractivity contribution < 1.29 is 43.7 Å². The van der Waals surface area contributed by atoms with Gasteiger partial charge in [-0.15, -0.1) is 0 Å². The second-order valence-corrected chi connectivity index (χ2v) is 3.72. The van der Waals surface area contributed by atoms with Gasteiger partial charge in [0.15, 0.2) is 0 Å². The summed E-state index contributed by atoms with van der Waals surface area (Å²) in [6, 6.07) is 0. The van der Waals surface area contributed by atoms with Gasteiger partial charge in [0.1, 0.15) is 6.26 Å². The Labute approximate surface area is 84.6 Å². The molecule has 16 heavy (non-hydrogen) atoms. The fraction of sp³-hybridized carbons (Fsp3) is 0.400. The predicted molar refractivity (Wildman–Crippen MR) is 36.3 cm³/mol. The van der Waals surface area contributed by atoms with Gasteiger partial charge in [-0.2, -0.15) is 34.8 Å². The van der Waals surface area contributed by atoms with Crippen molar-refractivity contribution in [3.05, 3.63) is 12.3 Å².